The van der Waals surface area contributed by atoms with Gasteiger partial charge in [0.25, 0.3) is 5.91 Å². The first-order valence-corrected chi connectivity index (χ1v) is 10.8. The van der Waals surface area contributed by atoms with Crippen LogP contribution in [0.15, 0.2) is 47.3 Å². The number of rotatable bonds is 5. The van der Waals surface area contributed by atoms with Gasteiger partial charge in [0, 0.05) is 23.4 Å². The number of hydrogen-bond acceptors (Lipinski definition) is 5. The molecule has 1 unspecified atom stereocenters. The monoisotopic (exact) mass is 475 g/mol. The highest BCUT2D eigenvalue weighted by Crippen LogP contribution is 2.29. The first-order valence-electron chi connectivity index (χ1n) is 9.13. The fraction of sp³-hybridized carbons (Fsp3) is 0.143. The van der Waals surface area contributed by atoms with Gasteiger partial charge in [0.1, 0.15) is 6.04 Å². The van der Waals surface area contributed by atoms with E-state index in [1.165, 1.54) is 34.4 Å². The third kappa shape index (κ3) is 4.41. The summed E-state index contributed by atoms with van der Waals surface area (Å²) >= 11 is 13.6. The van der Waals surface area contributed by atoms with Gasteiger partial charge in [-0.15, -0.1) is 11.3 Å². The number of anilines is 1. The molecule has 2 N–H and O–H groups in total. The Kier molecular flexibility index (Phi) is 5.95. The Morgan fingerprint density at radius 1 is 1.19 bits per heavy atom. The number of carbonyl (C=O) groups excluding carboxylic acids is 2. The van der Waals surface area contributed by atoms with Crippen molar-refractivity contribution in [1.82, 2.24) is 9.88 Å². The summed E-state index contributed by atoms with van der Waals surface area (Å²) in [5.41, 5.74) is 3.56. The zero-order valence-electron chi connectivity index (χ0n) is 15.8. The molecule has 1 atom stereocenters. The van der Waals surface area contributed by atoms with Crippen molar-refractivity contribution in [3.63, 3.8) is 0 Å². The van der Waals surface area contributed by atoms with Crippen LogP contribution in [0.2, 0.25) is 10.0 Å². The minimum absolute atomic E-state index is 0.0376. The van der Waals surface area contributed by atoms with Crippen LogP contribution in [0, 0.1) is 0 Å². The molecule has 1 aliphatic rings. The molecule has 2 heterocycles. The van der Waals surface area contributed by atoms with Crippen molar-refractivity contribution in [3.8, 4) is 0 Å². The van der Waals surface area contributed by atoms with Crippen LogP contribution in [-0.4, -0.2) is 38.8 Å². The lowest BCUT2D eigenvalue weighted by atomic mass is 10.1. The Labute approximate surface area is 191 Å². The van der Waals surface area contributed by atoms with Gasteiger partial charge in [-0.3, -0.25) is 9.59 Å². The molecule has 1 aliphatic heterocycles. The van der Waals surface area contributed by atoms with Crippen molar-refractivity contribution in [2.24, 2.45) is 0 Å². The summed E-state index contributed by atoms with van der Waals surface area (Å²) in [4.78, 5) is 43.5. The normalized spacial score (nSPS) is 15.9. The molecule has 2 aromatic carbocycles. The van der Waals surface area contributed by atoms with Crippen LogP contribution < -0.4 is 5.32 Å². The number of halogens is 2. The molecule has 4 rings (SSSR count). The van der Waals surface area contributed by atoms with Gasteiger partial charge < -0.3 is 15.3 Å². The first kappa shape index (κ1) is 21.3. The summed E-state index contributed by atoms with van der Waals surface area (Å²) < 4.78 is 0. The maximum Gasteiger partial charge on any atom is 0.337 e. The van der Waals surface area contributed by atoms with Crippen molar-refractivity contribution >= 4 is 58.0 Å². The van der Waals surface area contributed by atoms with E-state index in [1.54, 1.807) is 23.7 Å². The van der Waals surface area contributed by atoms with Crippen molar-refractivity contribution in [2.45, 2.75) is 19.0 Å². The molecular formula is C21H15Cl2N3O4S. The van der Waals surface area contributed by atoms with Crippen LogP contribution in [0.3, 0.4) is 0 Å². The van der Waals surface area contributed by atoms with Gasteiger partial charge in [-0.25, -0.2) is 9.78 Å². The summed E-state index contributed by atoms with van der Waals surface area (Å²) in [6.07, 6.45) is 0.226. The second kappa shape index (κ2) is 8.66. The number of nitrogens with zero attached hydrogens (tertiary/aromatic N) is 2. The molecule has 1 aromatic heterocycles. The Balaban J connectivity index is 1.74. The highest BCUT2D eigenvalue weighted by Gasteiger charge is 2.36. The standard InChI is InChI=1S/C21H15Cl2N3O4S/c22-12-2-4-15-17(6-12)25-19(27)18(7-13-9-31-10-24-13)26(20(15)28)8-11-1-3-14(21(29)30)16(23)5-11/h1-6,9-10,18H,7-8H2,(H,25,27)(H,29,30). The van der Waals surface area contributed by atoms with Crippen LogP contribution in [0.25, 0.3) is 0 Å². The Morgan fingerprint density at radius 3 is 2.68 bits per heavy atom. The van der Waals surface area contributed by atoms with Crippen molar-refractivity contribution in [2.75, 3.05) is 5.32 Å². The molecule has 158 valence electrons. The van der Waals surface area contributed by atoms with Crippen LogP contribution in [-0.2, 0) is 17.8 Å². The van der Waals surface area contributed by atoms with Gasteiger partial charge in [-0.2, -0.15) is 0 Å². The van der Waals surface area contributed by atoms with Crippen LogP contribution in [0.1, 0.15) is 32.0 Å². The fourth-order valence-electron chi connectivity index (χ4n) is 3.41. The van der Waals surface area contributed by atoms with Crippen molar-refractivity contribution in [3.05, 3.63) is 79.7 Å². The van der Waals surface area contributed by atoms with Crippen molar-refractivity contribution in [1.29, 1.82) is 0 Å². The number of benzene rings is 2. The van der Waals surface area contributed by atoms with Crippen LogP contribution >= 0.6 is 34.5 Å². The SMILES string of the molecule is O=C(O)c1ccc(CN2C(=O)c3ccc(Cl)cc3NC(=O)C2Cc2cscn2)cc1Cl. The van der Waals surface area contributed by atoms with Crippen LogP contribution in [0.4, 0.5) is 5.69 Å². The Morgan fingerprint density at radius 2 is 2.00 bits per heavy atom. The van der Waals surface area contributed by atoms with E-state index in [0.717, 1.165) is 0 Å². The van der Waals surface area contributed by atoms with Crippen molar-refractivity contribution < 1.29 is 19.5 Å². The zero-order chi connectivity index (χ0) is 22.1. The lowest BCUT2D eigenvalue weighted by molar-refractivity contribution is -0.120. The lowest BCUT2D eigenvalue weighted by Gasteiger charge is -2.28. The molecular weight excluding hydrogens is 461 g/mol. The quantitative estimate of drug-likeness (QED) is 0.571. The number of aromatic carboxylic acids is 1. The zero-order valence-corrected chi connectivity index (χ0v) is 18.2. The topological polar surface area (TPSA) is 99.6 Å². The Bertz CT molecular complexity index is 1180. The number of carboxylic acids is 1. The molecule has 3 aromatic rings. The minimum Gasteiger partial charge on any atom is -0.478 e. The molecule has 10 heteroatoms. The van der Waals surface area contributed by atoms with E-state index in [-0.39, 0.29) is 35.4 Å². The maximum atomic E-state index is 13.4. The number of carbonyl (C=O) groups is 3. The summed E-state index contributed by atoms with van der Waals surface area (Å²) in [6.45, 7) is 0.0583. The van der Waals surface area contributed by atoms with Gasteiger partial charge in [0.15, 0.2) is 0 Å². The van der Waals surface area contributed by atoms with Gasteiger partial charge in [-0.1, -0.05) is 29.3 Å². The number of nitrogens with one attached hydrogen (secondary N) is 1. The number of aromatic nitrogens is 1. The van der Waals surface area contributed by atoms with E-state index < -0.39 is 12.0 Å². The molecule has 0 saturated heterocycles. The second-order valence-electron chi connectivity index (χ2n) is 6.93. The minimum atomic E-state index is -1.14. The summed E-state index contributed by atoms with van der Waals surface area (Å²) in [5.74, 6) is -1.87. The van der Waals surface area contributed by atoms with E-state index in [4.69, 9.17) is 23.2 Å². The molecule has 0 bridgehead atoms. The third-order valence-electron chi connectivity index (χ3n) is 4.91. The number of carboxylic acid groups (broad SMARTS) is 1. The summed E-state index contributed by atoms with van der Waals surface area (Å²) in [6, 6.07) is 8.30. The van der Waals surface area contributed by atoms with E-state index in [9.17, 15) is 19.5 Å². The van der Waals surface area contributed by atoms with Gasteiger partial charge in [0.05, 0.1) is 33.0 Å². The number of hydrogen-bond donors (Lipinski definition) is 2. The highest BCUT2D eigenvalue weighted by atomic mass is 35.5. The van der Waals surface area contributed by atoms with Gasteiger partial charge in [-0.05, 0) is 35.9 Å². The first-order chi connectivity index (χ1) is 14.8. The summed E-state index contributed by atoms with van der Waals surface area (Å²) in [7, 11) is 0. The number of thiazole rings is 1. The Hall–Kier alpha value is -2.94. The second-order valence-corrected chi connectivity index (χ2v) is 8.49. The molecule has 0 radical (unpaired) electrons. The summed E-state index contributed by atoms with van der Waals surface area (Å²) in [5, 5.41) is 14.3. The average Bonchev–Trinajstić information content (AvgIpc) is 3.20. The molecule has 0 saturated carbocycles. The molecule has 0 spiro atoms. The largest absolute Gasteiger partial charge is 0.478 e. The fourth-order valence-corrected chi connectivity index (χ4v) is 4.44. The average molecular weight is 476 g/mol. The maximum absolute atomic E-state index is 13.4. The lowest BCUT2D eigenvalue weighted by Crippen LogP contribution is -2.46. The van der Waals surface area contributed by atoms with Gasteiger partial charge in [0.2, 0.25) is 5.91 Å². The highest BCUT2D eigenvalue weighted by molar-refractivity contribution is 7.07. The number of amides is 2. The molecule has 7 nitrogen and oxygen atoms in total. The predicted octanol–water partition coefficient (Wildman–Crippen LogP) is 4.35. The van der Waals surface area contributed by atoms with Crippen LogP contribution in [0.5, 0.6) is 0 Å². The molecule has 0 fully saturated rings. The smallest absolute Gasteiger partial charge is 0.337 e. The predicted molar refractivity (Wildman–Crippen MR) is 118 cm³/mol. The molecule has 0 aliphatic carbocycles. The van der Waals surface area contributed by atoms with E-state index >= 15 is 0 Å². The number of fused-ring (bicyclic) bond motifs is 1. The third-order valence-corrected chi connectivity index (χ3v) is 6.10. The van der Waals surface area contributed by atoms with E-state index in [2.05, 4.69) is 10.3 Å². The molecule has 2 amide bonds. The van der Waals surface area contributed by atoms with E-state index in [0.29, 0.717) is 27.5 Å². The molecule has 31 heavy (non-hydrogen) atoms. The van der Waals surface area contributed by atoms with E-state index in [1.807, 2.05) is 5.38 Å². The van der Waals surface area contributed by atoms with Gasteiger partial charge >= 0.3 is 5.97 Å².